The minimum atomic E-state index is 0.782. The molecule has 0 aromatic heterocycles. The third-order valence-corrected chi connectivity index (χ3v) is 2.62. The smallest absolute Gasteiger partial charge is 0.0140 e. The second kappa shape index (κ2) is 4.94. The molecular formula is C14H17N. The first-order chi connectivity index (χ1) is 7.40. The Morgan fingerprint density at radius 3 is 2.67 bits per heavy atom. The molecule has 1 N–H and O–H groups in total. The van der Waals surface area contributed by atoms with E-state index in [1.165, 1.54) is 24.0 Å². The fourth-order valence-electron chi connectivity index (χ4n) is 1.56. The van der Waals surface area contributed by atoms with Crippen molar-refractivity contribution in [2.45, 2.75) is 18.9 Å². The maximum Gasteiger partial charge on any atom is 0.0140 e. The maximum atomic E-state index is 3.81. The van der Waals surface area contributed by atoms with Gasteiger partial charge in [-0.2, -0.15) is 0 Å². The molecular weight excluding hydrogens is 182 g/mol. The van der Waals surface area contributed by atoms with Crippen LogP contribution in [0.3, 0.4) is 0 Å². The quantitative estimate of drug-likeness (QED) is 0.768. The molecule has 1 saturated carbocycles. The molecule has 0 saturated heterocycles. The van der Waals surface area contributed by atoms with Crippen LogP contribution in [-0.2, 0) is 0 Å². The first-order valence-electron chi connectivity index (χ1n) is 5.51. The number of hydrogen-bond donors (Lipinski definition) is 1. The normalized spacial score (nSPS) is 15.7. The van der Waals surface area contributed by atoms with E-state index in [0.29, 0.717) is 0 Å². The molecule has 1 heteroatoms. The molecule has 0 atom stereocenters. The van der Waals surface area contributed by atoms with Gasteiger partial charge in [-0.1, -0.05) is 49.1 Å². The number of rotatable bonds is 5. The molecule has 1 aliphatic carbocycles. The molecule has 2 rings (SSSR count). The molecule has 0 bridgehead atoms. The van der Waals surface area contributed by atoms with Crippen molar-refractivity contribution in [3.63, 3.8) is 0 Å². The van der Waals surface area contributed by atoms with Crippen LogP contribution in [0.1, 0.15) is 24.0 Å². The van der Waals surface area contributed by atoms with Gasteiger partial charge in [0.15, 0.2) is 0 Å². The third-order valence-electron chi connectivity index (χ3n) is 2.62. The molecule has 0 radical (unpaired) electrons. The molecule has 1 aliphatic rings. The average Bonchev–Trinajstić information content (AvgIpc) is 3.09. The lowest BCUT2D eigenvalue weighted by Gasteiger charge is -2.00. The van der Waals surface area contributed by atoms with E-state index in [4.69, 9.17) is 0 Å². The maximum absolute atomic E-state index is 3.81. The van der Waals surface area contributed by atoms with E-state index in [1.807, 2.05) is 12.1 Å². The van der Waals surface area contributed by atoms with E-state index >= 15 is 0 Å². The van der Waals surface area contributed by atoms with Crippen molar-refractivity contribution < 1.29 is 0 Å². The molecule has 0 unspecified atom stereocenters. The van der Waals surface area contributed by atoms with Gasteiger partial charge in [0.1, 0.15) is 0 Å². The van der Waals surface area contributed by atoms with Gasteiger partial charge in [0, 0.05) is 12.6 Å². The molecule has 1 nitrogen and oxygen atoms in total. The predicted octanol–water partition coefficient (Wildman–Crippen LogP) is 3.09. The van der Waals surface area contributed by atoms with Crippen molar-refractivity contribution in [1.29, 1.82) is 0 Å². The summed E-state index contributed by atoms with van der Waals surface area (Å²) in [7, 11) is 0. The molecule has 1 aromatic rings. The van der Waals surface area contributed by atoms with Crippen LogP contribution in [0, 0.1) is 0 Å². The summed E-state index contributed by atoms with van der Waals surface area (Å²) in [4.78, 5) is 0. The summed E-state index contributed by atoms with van der Waals surface area (Å²) in [5.74, 6) is 0. The molecule has 0 spiro atoms. The fraction of sp³-hybridized carbons (Fsp3) is 0.286. The third kappa shape index (κ3) is 3.07. The Hall–Kier alpha value is -1.34. The largest absolute Gasteiger partial charge is 0.311 e. The van der Waals surface area contributed by atoms with Gasteiger partial charge >= 0.3 is 0 Å². The summed E-state index contributed by atoms with van der Waals surface area (Å²) in [5.41, 5.74) is 2.44. The average molecular weight is 199 g/mol. The number of hydrogen-bond acceptors (Lipinski definition) is 1. The molecule has 0 aliphatic heterocycles. The fourth-order valence-corrected chi connectivity index (χ4v) is 1.56. The van der Waals surface area contributed by atoms with Crippen LogP contribution in [0.4, 0.5) is 0 Å². The van der Waals surface area contributed by atoms with E-state index in [1.54, 1.807) is 0 Å². The van der Waals surface area contributed by atoms with Gasteiger partial charge in [0.05, 0.1) is 0 Å². The van der Waals surface area contributed by atoms with Gasteiger partial charge in [-0.05, 0) is 24.0 Å². The van der Waals surface area contributed by atoms with Crippen LogP contribution in [0.15, 0.2) is 36.9 Å². The van der Waals surface area contributed by atoms with Crippen molar-refractivity contribution in [3.8, 4) is 0 Å². The standard InChI is InChI=1S/C14H17N/c1-2-12-6-3-4-7-13(12)8-5-11-15-14-9-10-14/h2-8,14-15H,1,9-11H2/b8-5+. The lowest BCUT2D eigenvalue weighted by molar-refractivity contribution is 0.754. The predicted molar refractivity (Wildman–Crippen MR) is 66.6 cm³/mol. The Labute approximate surface area is 91.5 Å². The highest BCUT2D eigenvalue weighted by Crippen LogP contribution is 2.18. The molecule has 78 valence electrons. The van der Waals surface area contributed by atoms with Gasteiger partial charge in [0.25, 0.3) is 0 Å². The lowest BCUT2D eigenvalue weighted by atomic mass is 10.1. The zero-order chi connectivity index (χ0) is 10.5. The highest BCUT2D eigenvalue weighted by atomic mass is 14.9. The van der Waals surface area contributed by atoms with Crippen molar-refractivity contribution in [3.05, 3.63) is 48.0 Å². The molecule has 15 heavy (non-hydrogen) atoms. The molecule has 0 amide bonds. The van der Waals surface area contributed by atoms with E-state index in [9.17, 15) is 0 Å². The van der Waals surface area contributed by atoms with E-state index in [0.717, 1.165) is 12.6 Å². The number of nitrogens with one attached hydrogen (secondary N) is 1. The summed E-state index contributed by atoms with van der Waals surface area (Å²) >= 11 is 0. The van der Waals surface area contributed by atoms with Gasteiger partial charge in [-0.25, -0.2) is 0 Å². The van der Waals surface area contributed by atoms with E-state index in [-0.39, 0.29) is 0 Å². The van der Waals surface area contributed by atoms with Gasteiger partial charge < -0.3 is 5.32 Å². The van der Waals surface area contributed by atoms with E-state index in [2.05, 4.69) is 42.2 Å². The zero-order valence-electron chi connectivity index (χ0n) is 8.95. The first kappa shape index (κ1) is 10.2. The Morgan fingerprint density at radius 2 is 2.00 bits per heavy atom. The van der Waals surface area contributed by atoms with Crippen LogP contribution < -0.4 is 5.32 Å². The van der Waals surface area contributed by atoms with Crippen molar-refractivity contribution in [2.24, 2.45) is 0 Å². The Morgan fingerprint density at radius 1 is 1.27 bits per heavy atom. The van der Waals surface area contributed by atoms with Crippen LogP contribution in [0.25, 0.3) is 12.2 Å². The minimum Gasteiger partial charge on any atom is -0.311 e. The van der Waals surface area contributed by atoms with Crippen LogP contribution in [-0.4, -0.2) is 12.6 Å². The summed E-state index contributed by atoms with van der Waals surface area (Å²) in [6, 6.07) is 9.08. The summed E-state index contributed by atoms with van der Waals surface area (Å²) < 4.78 is 0. The molecule has 1 aromatic carbocycles. The summed E-state index contributed by atoms with van der Waals surface area (Å²) in [6.45, 7) is 4.78. The Bertz CT molecular complexity index is 361. The van der Waals surface area contributed by atoms with Gasteiger partial charge in [0.2, 0.25) is 0 Å². The second-order valence-electron chi connectivity index (χ2n) is 3.92. The summed E-state index contributed by atoms with van der Waals surface area (Å²) in [5, 5.41) is 3.45. The van der Waals surface area contributed by atoms with Crippen LogP contribution >= 0.6 is 0 Å². The Balaban J connectivity index is 1.92. The van der Waals surface area contributed by atoms with Crippen LogP contribution in [0.5, 0.6) is 0 Å². The summed E-state index contributed by atoms with van der Waals surface area (Å²) in [6.07, 6.45) is 8.93. The minimum absolute atomic E-state index is 0.782. The van der Waals surface area contributed by atoms with Gasteiger partial charge in [-0.15, -0.1) is 0 Å². The Kier molecular flexibility index (Phi) is 3.36. The lowest BCUT2D eigenvalue weighted by Crippen LogP contribution is -2.15. The van der Waals surface area contributed by atoms with Gasteiger partial charge in [-0.3, -0.25) is 0 Å². The zero-order valence-corrected chi connectivity index (χ0v) is 8.95. The SMILES string of the molecule is C=Cc1ccccc1/C=C/CNC1CC1. The first-order valence-corrected chi connectivity index (χ1v) is 5.51. The van der Waals surface area contributed by atoms with Crippen LogP contribution in [0.2, 0.25) is 0 Å². The van der Waals surface area contributed by atoms with Crippen molar-refractivity contribution >= 4 is 12.2 Å². The number of benzene rings is 1. The monoisotopic (exact) mass is 199 g/mol. The highest BCUT2D eigenvalue weighted by Gasteiger charge is 2.18. The highest BCUT2D eigenvalue weighted by molar-refractivity contribution is 5.64. The second-order valence-corrected chi connectivity index (χ2v) is 3.92. The molecule has 0 heterocycles. The van der Waals surface area contributed by atoms with Crippen molar-refractivity contribution in [1.82, 2.24) is 5.32 Å². The van der Waals surface area contributed by atoms with E-state index < -0.39 is 0 Å². The topological polar surface area (TPSA) is 12.0 Å². The van der Waals surface area contributed by atoms with Crippen molar-refractivity contribution in [2.75, 3.05) is 6.54 Å². The molecule has 1 fully saturated rings.